The van der Waals surface area contributed by atoms with Crippen LogP contribution in [0.5, 0.6) is 5.88 Å². The van der Waals surface area contributed by atoms with Gasteiger partial charge in [0.25, 0.3) is 0 Å². The first-order valence-corrected chi connectivity index (χ1v) is 12.1. The fourth-order valence-electron chi connectivity index (χ4n) is 4.47. The minimum Gasteiger partial charge on any atom is -0.478 e. The first-order valence-electron chi connectivity index (χ1n) is 12.1. The molecule has 9 nitrogen and oxygen atoms in total. The summed E-state index contributed by atoms with van der Waals surface area (Å²) in [4.78, 5) is 20.9. The maximum absolute atomic E-state index is 6.19. The summed E-state index contributed by atoms with van der Waals surface area (Å²) in [5.41, 5.74) is 3.46. The maximum Gasteiger partial charge on any atom is 0.229 e. The van der Waals surface area contributed by atoms with Crippen molar-refractivity contribution in [1.29, 1.82) is 0 Å². The van der Waals surface area contributed by atoms with Crippen LogP contribution in [-0.4, -0.2) is 47.2 Å². The van der Waals surface area contributed by atoms with E-state index in [1.54, 1.807) is 12.4 Å². The lowest BCUT2D eigenvalue weighted by Crippen LogP contribution is -2.18. The van der Waals surface area contributed by atoms with Crippen molar-refractivity contribution in [2.75, 3.05) is 42.8 Å². The molecule has 5 heterocycles. The quantitative estimate of drug-likeness (QED) is 0.316. The normalized spacial score (nSPS) is 14.2. The number of nitrogens with zero attached hydrogens (tertiary/aromatic N) is 5. The predicted octanol–water partition coefficient (Wildman–Crippen LogP) is 5.62. The average Bonchev–Trinajstić information content (AvgIpc) is 3.32. The molecule has 7 bridgehead atoms. The molecule has 0 amide bonds. The number of anilines is 4. The third-order valence-electron chi connectivity index (χ3n) is 6.42. The van der Waals surface area contributed by atoms with Gasteiger partial charge in [0.15, 0.2) is 5.58 Å². The van der Waals surface area contributed by atoms with Crippen molar-refractivity contribution in [2.45, 2.75) is 19.3 Å². The molecule has 0 aliphatic carbocycles. The third-order valence-corrected chi connectivity index (χ3v) is 6.42. The van der Waals surface area contributed by atoms with E-state index in [-0.39, 0.29) is 0 Å². The highest BCUT2D eigenvalue weighted by atomic mass is 16.5. The number of nitrogens with one attached hydrogen (secondary N) is 2. The van der Waals surface area contributed by atoms with Gasteiger partial charge in [0, 0.05) is 55.6 Å². The van der Waals surface area contributed by atoms with Crippen LogP contribution in [0, 0.1) is 0 Å². The van der Waals surface area contributed by atoms with E-state index in [4.69, 9.17) is 14.1 Å². The first-order chi connectivity index (χ1) is 17.7. The summed E-state index contributed by atoms with van der Waals surface area (Å²) in [5.74, 6) is 3.15. The van der Waals surface area contributed by atoms with E-state index in [2.05, 4.69) is 49.7 Å². The summed E-state index contributed by atoms with van der Waals surface area (Å²) in [6.45, 7) is 1.58. The molecule has 6 rings (SSSR count). The van der Waals surface area contributed by atoms with Crippen molar-refractivity contribution in [2.24, 2.45) is 0 Å². The van der Waals surface area contributed by atoms with Crippen molar-refractivity contribution in [1.82, 2.24) is 19.9 Å². The van der Waals surface area contributed by atoms with Gasteiger partial charge < -0.3 is 24.7 Å². The van der Waals surface area contributed by atoms with Gasteiger partial charge in [-0.3, -0.25) is 0 Å². The van der Waals surface area contributed by atoms with Gasteiger partial charge in [-0.2, -0.15) is 4.98 Å². The summed E-state index contributed by atoms with van der Waals surface area (Å²) in [7, 11) is 3.95. The highest BCUT2D eigenvalue weighted by Gasteiger charge is 2.17. The second-order valence-electron chi connectivity index (χ2n) is 8.87. The van der Waals surface area contributed by atoms with E-state index in [0.717, 1.165) is 64.7 Å². The van der Waals surface area contributed by atoms with Crippen molar-refractivity contribution in [3.05, 3.63) is 54.9 Å². The summed E-state index contributed by atoms with van der Waals surface area (Å²) >= 11 is 0. The number of rotatable bonds is 1. The molecular formula is C27H27N7O2. The lowest BCUT2D eigenvalue weighted by atomic mass is 10.1. The number of ether oxygens (including phenoxy) is 1. The van der Waals surface area contributed by atoms with Gasteiger partial charge >= 0.3 is 0 Å². The van der Waals surface area contributed by atoms with Crippen molar-refractivity contribution in [3.63, 3.8) is 0 Å². The van der Waals surface area contributed by atoms with Crippen LogP contribution in [-0.2, 0) is 0 Å². The maximum atomic E-state index is 6.19. The van der Waals surface area contributed by atoms with Gasteiger partial charge in [-0.05, 0) is 49.6 Å². The molecular weight excluding hydrogens is 454 g/mol. The molecule has 9 heteroatoms. The summed E-state index contributed by atoms with van der Waals surface area (Å²) < 4.78 is 12.1. The number of hydrogen-bond donors (Lipinski definition) is 2. The largest absolute Gasteiger partial charge is 0.478 e. The Morgan fingerprint density at radius 3 is 2.81 bits per heavy atom. The Bertz CT molecular complexity index is 1550. The van der Waals surface area contributed by atoms with E-state index in [0.29, 0.717) is 30.0 Å². The van der Waals surface area contributed by atoms with E-state index in [1.165, 1.54) is 0 Å². The SMILES string of the molecule is CNc1ncc2c3cc(ncc13)Nc1cccc(n1)OCCCCCN(C)c1ccc3oc-2nc3c1. The van der Waals surface area contributed by atoms with Crippen LogP contribution < -0.4 is 20.3 Å². The standard InChI is InChI=1S/C27H27N7O2/c1-28-26-19-15-29-24-14-18(19)20(16-30-26)27-31-21-13-17(9-10-22(21)36-27)34(2)11-4-3-5-12-35-25-8-6-7-23(32-24)33-25/h6-10,13-16H,3-5,11-12H2,1-2H3,(H,28,30)(H,29,32,33). The van der Waals surface area contributed by atoms with Gasteiger partial charge in [-0.15, -0.1) is 0 Å². The van der Waals surface area contributed by atoms with Gasteiger partial charge in [-0.1, -0.05) is 6.07 Å². The Morgan fingerprint density at radius 1 is 0.944 bits per heavy atom. The van der Waals surface area contributed by atoms with Gasteiger partial charge in [0.2, 0.25) is 11.8 Å². The van der Waals surface area contributed by atoms with Crippen molar-refractivity contribution < 1.29 is 9.15 Å². The van der Waals surface area contributed by atoms with Crippen LogP contribution in [0.15, 0.2) is 59.3 Å². The minimum atomic E-state index is 0.519. The molecule has 0 spiro atoms. The fourth-order valence-corrected chi connectivity index (χ4v) is 4.47. The Balaban J connectivity index is 1.49. The molecule has 1 aliphatic rings. The topological polar surface area (TPSA) is 101 Å². The second kappa shape index (κ2) is 9.33. The average molecular weight is 482 g/mol. The zero-order valence-corrected chi connectivity index (χ0v) is 20.3. The van der Waals surface area contributed by atoms with Gasteiger partial charge in [0.05, 0.1) is 12.2 Å². The van der Waals surface area contributed by atoms with E-state index >= 15 is 0 Å². The lowest BCUT2D eigenvalue weighted by Gasteiger charge is -2.19. The Labute approximate surface area is 208 Å². The highest BCUT2D eigenvalue weighted by molar-refractivity contribution is 6.01. The number of aromatic nitrogens is 4. The summed E-state index contributed by atoms with van der Waals surface area (Å²) in [6, 6.07) is 13.8. The number of fused-ring (bicyclic) bond motifs is 6. The minimum absolute atomic E-state index is 0.519. The molecule has 4 aromatic heterocycles. The summed E-state index contributed by atoms with van der Waals surface area (Å²) in [6.07, 6.45) is 6.69. The highest BCUT2D eigenvalue weighted by Crippen LogP contribution is 2.35. The summed E-state index contributed by atoms with van der Waals surface area (Å²) in [5, 5.41) is 8.23. The Kier molecular flexibility index (Phi) is 5.73. The fraction of sp³-hybridized carbons (Fsp3) is 0.259. The van der Waals surface area contributed by atoms with Crippen LogP contribution in [0.3, 0.4) is 0 Å². The molecule has 36 heavy (non-hydrogen) atoms. The van der Waals surface area contributed by atoms with Crippen LogP contribution in [0.2, 0.25) is 0 Å². The zero-order chi connectivity index (χ0) is 24.5. The Hall–Kier alpha value is -4.40. The van der Waals surface area contributed by atoms with Crippen LogP contribution in [0.1, 0.15) is 19.3 Å². The van der Waals surface area contributed by atoms with Crippen LogP contribution >= 0.6 is 0 Å². The number of benzene rings is 1. The zero-order valence-electron chi connectivity index (χ0n) is 20.3. The second-order valence-corrected chi connectivity index (χ2v) is 8.87. The van der Waals surface area contributed by atoms with E-state index in [9.17, 15) is 0 Å². The molecule has 1 aliphatic heterocycles. The molecule has 0 unspecified atom stereocenters. The number of oxazole rings is 1. The van der Waals surface area contributed by atoms with Crippen LogP contribution in [0.4, 0.5) is 23.1 Å². The molecule has 0 saturated carbocycles. The van der Waals surface area contributed by atoms with Crippen LogP contribution in [0.25, 0.3) is 33.3 Å². The molecule has 0 saturated heterocycles. The molecule has 2 N–H and O–H groups in total. The first kappa shape index (κ1) is 22.1. The molecule has 0 radical (unpaired) electrons. The van der Waals surface area contributed by atoms with Gasteiger partial charge in [-0.25, -0.2) is 15.0 Å². The molecule has 1 aromatic carbocycles. The van der Waals surface area contributed by atoms with Gasteiger partial charge in [0.1, 0.15) is 23.0 Å². The monoisotopic (exact) mass is 481 g/mol. The molecule has 5 aromatic rings. The van der Waals surface area contributed by atoms with Crippen molar-refractivity contribution in [3.8, 4) is 17.3 Å². The lowest BCUT2D eigenvalue weighted by molar-refractivity contribution is 0.295. The Morgan fingerprint density at radius 2 is 1.89 bits per heavy atom. The predicted molar refractivity (Wildman–Crippen MR) is 142 cm³/mol. The molecule has 182 valence electrons. The van der Waals surface area contributed by atoms with Crippen molar-refractivity contribution >= 4 is 45.0 Å². The third kappa shape index (κ3) is 4.24. The molecule has 0 fully saturated rings. The number of pyridine rings is 3. The van der Waals surface area contributed by atoms with E-state index < -0.39 is 0 Å². The molecule has 0 atom stereocenters. The van der Waals surface area contributed by atoms with E-state index in [1.807, 2.05) is 37.4 Å². The smallest absolute Gasteiger partial charge is 0.229 e. The number of hydrogen-bond acceptors (Lipinski definition) is 9.